The Labute approximate surface area is 96.9 Å². The molecule has 0 aromatic heterocycles. The fourth-order valence-electron chi connectivity index (χ4n) is 0.994. The number of halogens is 2. The van der Waals surface area contributed by atoms with Gasteiger partial charge in [0, 0.05) is 6.08 Å². The van der Waals surface area contributed by atoms with Gasteiger partial charge in [-0.1, -0.05) is 23.2 Å². The first-order chi connectivity index (χ1) is 7.06. The summed E-state index contributed by atoms with van der Waals surface area (Å²) in [6.45, 7) is 0. The van der Waals surface area contributed by atoms with Crippen LogP contribution in [-0.4, -0.2) is 18.2 Å². The number of hydrogen-bond donors (Lipinski definition) is 1. The lowest BCUT2D eigenvalue weighted by molar-refractivity contribution is -0.131. The molecule has 0 aliphatic carbocycles. The molecule has 5 heteroatoms. The summed E-state index contributed by atoms with van der Waals surface area (Å²) >= 11 is 11.8. The van der Waals surface area contributed by atoms with E-state index >= 15 is 0 Å². The number of carboxylic acid groups (broad SMARTS) is 1. The minimum Gasteiger partial charge on any atom is -0.495 e. The molecule has 15 heavy (non-hydrogen) atoms. The molecule has 0 heterocycles. The van der Waals surface area contributed by atoms with Crippen molar-refractivity contribution in [1.29, 1.82) is 0 Å². The highest BCUT2D eigenvalue weighted by atomic mass is 35.5. The van der Waals surface area contributed by atoms with Crippen molar-refractivity contribution in [2.45, 2.75) is 0 Å². The zero-order valence-corrected chi connectivity index (χ0v) is 9.34. The summed E-state index contributed by atoms with van der Waals surface area (Å²) in [5.41, 5.74) is 0.532. The number of ether oxygens (including phenoxy) is 1. The third-order valence-corrected chi connectivity index (χ3v) is 2.58. The third kappa shape index (κ3) is 2.88. The lowest BCUT2D eigenvalue weighted by Gasteiger charge is -2.06. The van der Waals surface area contributed by atoms with Gasteiger partial charge in [-0.05, 0) is 23.8 Å². The van der Waals surface area contributed by atoms with Crippen LogP contribution >= 0.6 is 23.2 Å². The number of rotatable bonds is 3. The van der Waals surface area contributed by atoms with E-state index in [2.05, 4.69) is 0 Å². The van der Waals surface area contributed by atoms with E-state index in [0.717, 1.165) is 6.08 Å². The number of carboxylic acids is 1. The minimum atomic E-state index is -1.04. The first kappa shape index (κ1) is 11.9. The van der Waals surface area contributed by atoms with E-state index in [9.17, 15) is 4.79 Å². The molecule has 0 aliphatic rings. The molecule has 0 radical (unpaired) electrons. The van der Waals surface area contributed by atoms with Crippen LogP contribution in [0, 0.1) is 0 Å². The summed E-state index contributed by atoms with van der Waals surface area (Å²) in [5, 5.41) is 8.99. The van der Waals surface area contributed by atoms with Crippen molar-refractivity contribution in [1.82, 2.24) is 0 Å². The van der Waals surface area contributed by atoms with Gasteiger partial charge in [-0.3, -0.25) is 0 Å². The summed E-state index contributed by atoms with van der Waals surface area (Å²) in [6, 6.07) is 3.25. The van der Waals surface area contributed by atoms with Crippen LogP contribution in [0.4, 0.5) is 0 Å². The fourth-order valence-corrected chi connectivity index (χ4v) is 1.46. The topological polar surface area (TPSA) is 46.5 Å². The quantitative estimate of drug-likeness (QED) is 0.834. The molecule has 1 aromatic carbocycles. The first-order valence-corrected chi connectivity index (χ1v) is 4.75. The van der Waals surface area contributed by atoms with E-state index in [1.54, 1.807) is 12.1 Å². The Morgan fingerprint density at radius 1 is 1.40 bits per heavy atom. The number of hydrogen-bond acceptors (Lipinski definition) is 2. The Bertz CT molecular complexity index is 413. The smallest absolute Gasteiger partial charge is 0.328 e. The van der Waals surface area contributed by atoms with Crippen LogP contribution in [0.2, 0.25) is 10.0 Å². The Balaban J connectivity index is 3.12. The van der Waals surface area contributed by atoms with Crippen LogP contribution < -0.4 is 4.74 Å². The van der Waals surface area contributed by atoms with Gasteiger partial charge in [-0.25, -0.2) is 4.79 Å². The van der Waals surface area contributed by atoms with E-state index in [4.69, 9.17) is 33.0 Å². The summed E-state index contributed by atoms with van der Waals surface area (Å²) < 4.78 is 4.95. The monoisotopic (exact) mass is 246 g/mol. The second kappa shape index (κ2) is 5.05. The van der Waals surface area contributed by atoms with Gasteiger partial charge < -0.3 is 9.84 Å². The molecular formula is C10H8Cl2O3. The first-order valence-electron chi connectivity index (χ1n) is 3.99. The van der Waals surface area contributed by atoms with Crippen LogP contribution in [0.3, 0.4) is 0 Å². The SMILES string of the molecule is COc1ccc(C=CC(=O)O)c(Cl)c1Cl. The van der Waals surface area contributed by atoms with E-state index in [-0.39, 0.29) is 10.0 Å². The van der Waals surface area contributed by atoms with Crippen LogP contribution in [0.5, 0.6) is 5.75 Å². The maximum Gasteiger partial charge on any atom is 0.328 e. The molecule has 0 saturated heterocycles. The number of methoxy groups -OCH3 is 1. The predicted octanol–water partition coefficient (Wildman–Crippen LogP) is 3.10. The maximum atomic E-state index is 10.3. The van der Waals surface area contributed by atoms with Crippen molar-refractivity contribution < 1.29 is 14.6 Å². The van der Waals surface area contributed by atoms with Crippen molar-refractivity contribution in [3.63, 3.8) is 0 Å². The van der Waals surface area contributed by atoms with E-state index < -0.39 is 5.97 Å². The van der Waals surface area contributed by atoms with Gasteiger partial charge >= 0.3 is 5.97 Å². The molecule has 0 aliphatic heterocycles. The number of aliphatic carboxylic acids is 1. The second-order valence-electron chi connectivity index (χ2n) is 2.66. The van der Waals surface area contributed by atoms with Crippen molar-refractivity contribution >= 4 is 35.2 Å². The maximum absolute atomic E-state index is 10.3. The van der Waals surface area contributed by atoms with E-state index in [1.165, 1.54) is 13.2 Å². The molecule has 1 aromatic rings. The molecule has 3 nitrogen and oxygen atoms in total. The molecule has 0 fully saturated rings. The van der Waals surface area contributed by atoms with Crippen molar-refractivity contribution in [3.8, 4) is 5.75 Å². The average Bonchev–Trinajstić information content (AvgIpc) is 2.20. The van der Waals surface area contributed by atoms with Gasteiger partial charge in [0.05, 0.1) is 12.1 Å². The van der Waals surface area contributed by atoms with Crippen LogP contribution in [0.25, 0.3) is 6.08 Å². The zero-order chi connectivity index (χ0) is 11.4. The third-order valence-electron chi connectivity index (χ3n) is 1.70. The lowest BCUT2D eigenvalue weighted by atomic mass is 10.2. The van der Waals surface area contributed by atoms with Gasteiger partial charge in [0.15, 0.2) is 0 Å². The Hall–Kier alpha value is -1.19. The molecule has 1 N–H and O–H groups in total. The molecule has 0 bridgehead atoms. The highest BCUT2D eigenvalue weighted by Gasteiger charge is 2.08. The second-order valence-corrected chi connectivity index (χ2v) is 3.41. The summed E-state index contributed by atoms with van der Waals surface area (Å²) in [4.78, 5) is 10.3. The molecule has 0 spiro atoms. The predicted molar refractivity (Wildman–Crippen MR) is 59.7 cm³/mol. The van der Waals surface area contributed by atoms with Crippen molar-refractivity contribution in [3.05, 3.63) is 33.8 Å². The summed E-state index contributed by atoms with van der Waals surface area (Å²) in [7, 11) is 1.48. The summed E-state index contributed by atoms with van der Waals surface area (Å²) in [6.07, 6.45) is 2.36. The fraction of sp³-hybridized carbons (Fsp3) is 0.100. The summed E-state index contributed by atoms with van der Waals surface area (Å²) in [5.74, 6) is -0.591. The normalized spacial score (nSPS) is 10.6. The van der Waals surface area contributed by atoms with Crippen molar-refractivity contribution in [2.75, 3.05) is 7.11 Å². The Morgan fingerprint density at radius 3 is 2.60 bits per heavy atom. The van der Waals surface area contributed by atoms with Gasteiger partial charge in [0.2, 0.25) is 0 Å². The van der Waals surface area contributed by atoms with Crippen molar-refractivity contribution in [2.24, 2.45) is 0 Å². The van der Waals surface area contributed by atoms with Gasteiger partial charge in [0.1, 0.15) is 10.8 Å². The molecule has 0 amide bonds. The standard InChI is InChI=1S/C10H8Cl2O3/c1-15-7-4-2-6(3-5-8(13)14)9(11)10(7)12/h2-5H,1H3,(H,13,14). The van der Waals surface area contributed by atoms with Crippen LogP contribution in [0.1, 0.15) is 5.56 Å². The molecule has 1 rings (SSSR count). The average molecular weight is 247 g/mol. The Kier molecular flexibility index (Phi) is 4.00. The molecular weight excluding hydrogens is 239 g/mol. The minimum absolute atomic E-state index is 0.270. The van der Waals surface area contributed by atoms with Gasteiger partial charge in [0.25, 0.3) is 0 Å². The Morgan fingerprint density at radius 2 is 2.07 bits per heavy atom. The van der Waals surface area contributed by atoms with Gasteiger partial charge in [-0.15, -0.1) is 0 Å². The zero-order valence-electron chi connectivity index (χ0n) is 7.83. The number of benzene rings is 1. The van der Waals surface area contributed by atoms with E-state index in [0.29, 0.717) is 11.3 Å². The van der Waals surface area contributed by atoms with Gasteiger partial charge in [-0.2, -0.15) is 0 Å². The lowest BCUT2D eigenvalue weighted by Crippen LogP contribution is -1.88. The molecule has 0 saturated carbocycles. The highest BCUT2D eigenvalue weighted by Crippen LogP contribution is 2.34. The van der Waals surface area contributed by atoms with E-state index in [1.807, 2.05) is 0 Å². The molecule has 0 unspecified atom stereocenters. The van der Waals surface area contributed by atoms with Crippen LogP contribution in [-0.2, 0) is 4.79 Å². The highest BCUT2D eigenvalue weighted by molar-refractivity contribution is 6.43. The van der Waals surface area contributed by atoms with Crippen LogP contribution in [0.15, 0.2) is 18.2 Å². The molecule has 0 atom stereocenters. The largest absolute Gasteiger partial charge is 0.495 e. The number of carbonyl (C=O) groups is 1. The molecule has 80 valence electrons.